The maximum absolute atomic E-state index is 13.0. The molecule has 1 unspecified atom stereocenters. The van der Waals surface area contributed by atoms with Crippen LogP contribution in [-0.2, 0) is 16.1 Å². The zero-order valence-electron chi connectivity index (χ0n) is 23.7. The lowest BCUT2D eigenvalue weighted by atomic mass is 10.1. The van der Waals surface area contributed by atoms with Gasteiger partial charge in [-0.1, -0.05) is 19.9 Å². The van der Waals surface area contributed by atoms with E-state index >= 15 is 0 Å². The van der Waals surface area contributed by atoms with E-state index in [4.69, 9.17) is 4.74 Å². The lowest BCUT2D eigenvalue weighted by molar-refractivity contribution is -0.137. The standard InChI is InChI=1S/C21H20FN5O3.C8H9F.C2H6/c22-15-3-7-17(8-4-15)30-18-9-5-16(6-10-18)25-21(29)19-2-1-11-27(19)20(28)12-26-14-23-13-24-26;1-6-3-4-8(9)5-7(6)2;1-2/h3-10,13-14,19H,1-2,11-12H2,(H,25,29);3-5H,1-2H3;1-2H3. The summed E-state index contributed by atoms with van der Waals surface area (Å²) in [5.74, 6) is 0.192. The SMILES string of the molecule is CC.Cc1ccc(F)cc1C.O=C(Nc1ccc(Oc2ccc(F)cc2)cc1)C1CCCN1C(=O)Cn1cncn1. The highest BCUT2D eigenvalue weighted by atomic mass is 19.1. The Morgan fingerprint density at radius 1 is 0.927 bits per heavy atom. The minimum atomic E-state index is -0.517. The number of nitrogens with one attached hydrogen (secondary N) is 1. The molecule has 1 aliphatic rings. The number of hydrogen-bond donors (Lipinski definition) is 1. The molecule has 1 aromatic heterocycles. The van der Waals surface area contributed by atoms with Crippen molar-refractivity contribution in [1.82, 2.24) is 19.7 Å². The number of ether oxygens (including phenoxy) is 1. The summed E-state index contributed by atoms with van der Waals surface area (Å²) < 4.78 is 32.4. The average molecular weight is 564 g/mol. The van der Waals surface area contributed by atoms with Crippen LogP contribution in [0.1, 0.15) is 37.8 Å². The monoisotopic (exact) mass is 563 g/mol. The highest BCUT2D eigenvalue weighted by Gasteiger charge is 2.34. The fraction of sp³-hybridized carbons (Fsp3) is 0.290. The van der Waals surface area contributed by atoms with Gasteiger partial charge < -0.3 is 15.0 Å². The van der Waals surface area contributed by atoms with E-state index in [0.717, 1.165) is 17.5 Å². The molecule has 3 aromatic carbocycles. The van der Waals surface area contributed by atoms with Gasteiger partial charge in [0.05, 0.1) is 0 Å². The van der Waals surface area contributed by atoms with Gasteiger partial charge in [-0.25, -0.2) is 18.4 Å². The smallest absolute Gasteiger partial charge is 0.247 e. The molecule has 0 saturated carbocycles. The summed E-state index contributed by atoms with van der Waals surface area (Å²) in [6, 6.07) is 16.8. The van der Waals surface area contributed by atoms with Crippen LogP contribution in [0, 0.1) is 25.5 Å². The number of aryl methyl sites for hydroxylation is 2. The number of amides is 2. The number of rotatable bonds is 6. The molecular weight excluding hydrogens is 528 g/mol. The third-order valence-electron chi connectivity index (χ3n) is 6.28. The van der Waals surface area contributed by atoms with Gasteiger partial charge in [0.1, 0.15) is 48.4 Å². The second kappa shape index (κ2) is 15.3. The summed E-state index contributed by atoms with van der Waals surface area (Å²) in [7, 11) is 0. The first-order valence-electron chi connectivity index (χ1n) is 13.5. The summed E-state index contributed by atoms with van der Waals surface area (Å²) in [5, 5.41) is 6.79. The largest absolute Gasteiger partial charge is 0.457 e. The summed E-state index contributed by atoms with van der Waals surface area (Å²) in [5.41, 5.74) is 2.74. The van der Waals surface area contributed by atoms with E-state index in [9.17, 15) is 18.4 Å². The predicted octanol–water partition coefficient (Wildman–Crippen LogP) is 6.31. The normalized spacial score (nSPS) is 13.8. The van der Waals surface area contributed by atoms with Gasteiger partial charge >= 0.3 is 0 Å². The number of benzene rings is 3. The van der Waals surface area contributed by atoms with Crippen molar-refractivity contribution in [2.75, 3.05) is 11.9 Å². The van der Waals surface area contributed by atoms with Crippen LogP contribution < -0.4 is 10.1 Å². The molecule has 1 saturated heterocycles. The molecule has 2 amide bonds. The van der Waals surface area contributed by atoms with E-state index in [2.05, 4.69) is 15.4 Å². The van der Waals surface area contributed by atoms with Crippen LogP contribution in [0.3, 0.4) is 0 Å². The third kappa shape index (κ3) is 9.23. The van der Waals surface area contributed by atoms with E-state index in [0.29, 0.717) is 30.2 Å². The summed E-state index contributed by atoms with van der Waals surface area (Å²) in [6.45, 7) is 8.46. The molecule has 5 rings (SSSR count). The molecule has 216 valence electrons. The molecule has 41 heavy (non-hydrogen) atoms. The van der Waals surface area contributed by atoms with Crippen molar-refractivity contribution in [3.05, 3.63) is 102 Å². The Morgan fingerprint density at radius 2 is 1.56 bits per heavy atom. The number of halogens is 2. The maximum atomic E-state index is 13.0. The van der Waals surface area contributed by atoms with E-state index < -0.39 is 6.04 Å². The number of anilines is 1. The van der Waals surface area contributed by atoms with Crippen LogP contribution in [0.2, 0.25) is 0 Å². The summed E-state index contributed by atoms with van der Waals surface area (Å²) in [6.07, 6.45) is 4.22. The van der Waals surface area contributed by atoms with Gasteiger partial charge in [-0.2, -0.15) is 5.10 Å². The molecule has 0 aliphatic carbocycles. The fourth-order valence-electron chi connectivity index (χ4n) is 4.06. The quantitative estimate of drug-likeness (QED) is 0.297. The molecule has 2 heterocycles. The van der Waals surface area contributed by atoms with Gasteiger partial charge in [0.2, 0.25) is 11.8 Å². The Balaban J connectivity index is 0.000000355. The second-order valence-corrected chi connectivity index (χ2v) is 9.14. The highest BCUT2D eigenvalue weighted by Crippen LogP contribution is 2.24. The number of carbonyl (C=O) groups is 2. The van der Waals surface area contributed by atoms with Gasteiger partial charge in [-0.15, -0.1) is 0 Å². The van der Waals surface area contributed by atoms with Crippen molar-refractivity contribution in [2.45, 2.75) is 53.1 Å². The molecule has 1 N–H and O–H groups in total. The predicted molar refractivity (Wildman–Crippen MR) is 154 cm³/mol. The number of likely N-dealkylation sites (tertiary alicyclic amines) is 1. The maximum Gasteiger partial charge on any atom is 0.247 e. The van der Waals surface area contributed by atoms with E-state index in [-0.39, 0.29) is 30.0 Å². The fourth-order valence-corrected chi connectivity index (χ4v) is 4.06. The van der Waals surface area contributed by atoms with Crippen LogP contribution in [0.25, 0.3) is 0 Å². The van der Waals surface area contributed by atoms with Crippen molar-refractivity contribution in [3.8, 4) is 11.5 Å². The summed E-state index contributed by atoms with van der Waals surface area (Å²) >= 11 is 0. The van der Waals surface area contributed by atoms with Gasteiger partial charge in [-0.05, 0) is 98.5 Å². The zero-order valence-corrected chi connectivity index (χ0v) is 23.7. The minimum Gasteiger partial charge on any atom is -0.457 e. The lowest BCUT2D eigenvalue weighted by Gasteiger charge is -2.24. The Morgan fingerprint density at radius 3 is 2.15 bits per heavy atom. The van der Waals surface area contributed by atoms with Gasteiger partial charge in [0.25, 0.3) is 0 Å². The van der Waals surface area contributed by atoms with Gasteiger partial charge in [0, 0.05) is 12.2 Å². The topological polar surface area (TPSA) is 89.4 Å². The number of nitrogens with zero attached hydrogens (tertiary/aromatic N) is 4. The van der Waals surface area contributed by atoms with Crippen LogP contribution >= 0.6 is 0 Å². The van der Waals surface area contributed by atoms with Crippen molar-refractivity contribution >= 4 is 17.5 Å². The third-order valence-corrected chi connectivity index (χ3v) is 6.28. The van der Waals surface area contributed by atoms with Crippen molar-refractivity contribution in [2.24, 2.45) is 0 Å². The first-order valence-corrected chi connectivity index (χ1v) is 13.5. The molecule has 0 spiro atoms. The highest BCUT2D eigenvalue weighted by molar-refractivity contribution is 5.97. The molecule has 1 aliphatic heterocycles. The number of aromatic nitrogens is 3. The van der Waals surface area contributed by atoms with Crippen molar-refractivity contribution < 1.29 is 23.1 Å². The Bertz CT molecular complexity index is 1390. The number of hydrogen-bond acceptors (Lipinski definition) is 5. The van der Waals surface area contributed by atoms with Crippen molar-refractivity contribution in [3.63, 3.8) is 0 Å². The van der Waals surface area contributed by atoms with Crippen molar-refractivity contribution in [1.29, 1.82) is 0 Å². The summed E-state index contributed by atoms with van der Waals surface area (Å²) in [4.78, 5) is 30.7. The van der Waals surface area contributed by atoms with Crippen LogP contribution in [-0.4, -0.2) is 44.1 Å². The average Bonchev–Trinajstić information content (AvgIpc) is 3.67. The first kappa shape index (κ1) is 30.9. The van der Waals surface area contributed by atoms with E-state index in [1.54, 1.807) is 35.2 Å². The van der Waals surface area contributed by atoms with Crippen LogP contribution in [0.4, 0.5) is 14.5 Å². The first-order chi connectivity index (χ1) is 19.8. The second-order valence-electron chi connectivity index (χ2n) is 9.14. The molecule has 1 fully saturated rings. The Hall–Kier alpha value is -4.60. The van der Waals surface area contributed by atoms with Gasteiger partial charge in [0.15, 0.2) is 0 Å². The molecule has 0 bridgehead atoms. The zero-order chi connectivity index (χ0) is 29.8. The van der Waals surface area contributed by atoms with E-state index in [1.165, 1.54) is 53.7 Å². The van der Waals surface area contributed by atoms with Crippen LogP contribution in [0.5, 0.6) is 11.5 Å². The lowest BCUT2D eigenvalue weighted by Crippen LogP contribution is -2.44. The number of carbonyl (C=O) groups excluding carboxylic acids is 2. The van der Waals surface area contributed by atoms with E-state index in [1.807, 2.05) is 27.7 Å². The molecule has 10 heteroatoms. The molecule has 8 nitrogen and oxygen atoms in total. The van der Waals surface area contributed by atoms with Gasteiger partial charge in [-0.3, -0.25) is 9.59 Å². The van der Waals surface area contributed by atoms with Crippen LogP contribution in [0.15, 0.2) is 79.4 Å². The minimum absolute atomic E-state index is 0.0548. The molecule has 1 atom stereocenters. The molecular formula is C31H35F2N5O3. The Kier molecular flexibility index (Phi) is 11.5. The molecule has 4 aromatic rings. The Labute approximate surface area is 239 Å². The molecule has 0 radical (unpaired) electrons.